The van der Waals surface area contributed by atoms with Crippen molar-refractivity contribution in [1.82, 2.24) is 5.32 Å². The Bertz CT molecular complexity index is 264. The highest BCUT2D eigenvalue weighted by atomic mass is 16.5. The Labute approximate surface area is 90.6 Å². The van der Waals surface area contributed by atoms with Crippen LogP contribution in [0.15, 0.2) is 0 Å². The van der Waals surface area contributed by atoms with Gasteiger partial charge in [-0.05, 0) is 19.8 Å². The molecule has 1 rings (SSSR count). The lowest BCUT2D eigenvalue weighted by Crippen LogP contribution is -2.44. The van der Waals surface area contributed by atoms with E-state index < -0.39 is 5.41 Å². The van der Waals surface area contributed by atoms with Crippen LogP contribution in [0.1, 0.15) is 32.6 Å². The van der Waals surface area contributed by atoms with Gasteiger partial charge in [-0.1, -0.05) is 12.8 Å². The third-order valence-corrected chi connectivity index (χ3v) is 2.90. The second kappa shape index (κ2) is 5.13. The number of ether oxygens (including phenoxy) is 1. The van der Waals surface area contributed by atoms with Gasteiger partial charge in [0.1, 0.15) is 5.41 Å². The standard InChI is InChI=1S/C11H18N2O2/c1-9(7-15-2)13-10(14)11(8-12)5-3-4-6-11/h9H,3-7H2,1-2H3,(H,13,14). The maximum atomic E-state index is 11.9. The summed E-state index contributed by atoms with van der Waals surface area (Å²) in [5.74, 6) is -0.132. The molecule has 0 bridgehead atoms. The fourth-order valence-corrected chi connectivity index (χ4v) is 2.02. The molecule has 0 heterocycles. The smallest absolute Gasteiger partial charge is 0.240 e. The third kappa shape index (κ3) is 2.69. The highest BCUT2D eigenvalue weighted by Crippen LogP contribution is 2.37. The Morgan fingerprint density at radius 3 is 2.67 bits per heavy atom. The zero-order valence-electron chi connectivity index (χ0n) is 9.38. The highest BCUT2D eigenvalue weighted by Gasteiger charge is 2.41. The quantitative estimate of drug-likeness (QED) is 0.759. The van der Waals surface area contributed by atoms with E-state index in [1.165, 1.54) is 0 Å². The zero-order chi connectivity index (χ0) is 11.3. The minimum atomic E-state index is -0.776. The lowest BCUT2D eigenvalue weighted by Gasteiger charge is -2.22. The molecule has 4 nitrogen and oxygen atoms in total. The van der Waals surface area contributed by atoms with Crippen LogP contribution >= 0.6 is 0 Å². The van der Waals surface area contributed by atoms with Gasteiger partial charge < -0.3 is 10.1 Å². The number of amides is 1. The molecule has 0 saturated heterocycles. The van der Waals surface area contributed by atoms with Crippen molar-refractivity contribution < 1.29 is 9.53 Å². The molecule has 1 unspecified atom stereocenters. The molecule has 0 aromatic carbocycles. The topological polar surface area (TPSA) is 62.1 Å². The van der Waals surface area contributed by atoms with E-state index in [0.29, 0.717) is 19.4 Å². The maximum absolute atomic E-state index is 11.9. The summed E-state index contributed by atoms with van der Waals surface area (Å²) in [5.41, 5.74) is -0.776. The van der Waals surface area contributed by atoms with Crippen LogP contribution in [0.4, 0.5) is 0 Å². The molecule has 1 aliphatic carbocycles. The van der Waals surface area contributed by atoms with E-state index in [1.807, 2.05) is 6.92 Å². The second-order valence-electron chi connectivity index (χ2n) is 4.23. The van der Waals surface area contributed by atoms with Crippen molar-refractivity contribution >= 4 is 5.91 Å². The summed E-state index contributed by atoms with van der Waals surface area (Å²) in [6.07, 6.45) is 3.32. The van der Waals surface area contributed by atoms with Crippen LogP contribution in [-0.2, 0) is 9.53 Å². The molecular formula is C11H18N2O2. The van der Waals surface area contributed by atoms with Crippen molar-refractivity contribution in [2.45, 2.75) is 38.6 Å². The third-order valence-electron chi connectivity index (χ3n) is 2.90. The molecule has 1 saturated carbocycles. The molecule has 0 aliphatic heterocycles. The van der Waals surface area contributed by atoms with Gasteiger partial charge >= 0.3 is 0 Å². The average molecular weight is 210 g/mol. The number of carbonyl (C=O) groups is 1. The van der Waals surface area contributed by atoms with Crippen LogP contribution in [-0.4, -0.2) is 25.7 Å². The summed E-state index contributed by atoms with van der Waals surface area (Å²) in [4.78, 5) is 11.9. The number of methoxy groups -OCH3 is 1. The van der Waals surface area contributed by atoms with Crippen molar-refractivity contribution in [2.24, 2.45) is 5.41 Å². The Morgan fingerprint density at radius 1 is 1.60 bits per heavy atom. The normalized spacial score (nSPS) is 20.6. The van der Waals surface area contributed by atoms with Gasteiger partial charge in [-0.25, -0.2) is 0 Å². The first kappa shape index (κ1) is 12.0. The monoisotopic (exact) mass is 210 g/mol. The first-order valence-corrected chi connectivity index (χ1v) is 5.36. The summed E-state index contributed by atoms with van der Waals surface area (Å²) in [6.45, 7) is 2.36. The number of nitrogens with one attached hydrogen (secondary N) is 1. The van der Waals surface area contributed by atoms with Gasteiger partial charge in [0, 0.05) is 13.2 Å². The molecule has 1 amide bonds. The fourth-order valence-electron chi connectivity index (χ4n) is 2.02. The Hall–Kier alpha value is -1.08. The number of hydrogen-bond donors (Lipinski definition) is 1. The van der Waals surface area contributed by atoms with Gasteiger partial charge in [0.2, 0.25) is 5.91 Å². The molecule has 0 spiro atoms. The Balaban J connectivity index is 2.55. The maximum Gasteiger partial charge on any atom is 0.240 e. The van der Waals surface area contributed by atoms with E-state index in [-0.39, 0.29) is 11.9 Å². The van der Waals surface area contributed by atoms with Gasteiger partial charge in [0.25, 0.3) is 0 Å². The SMILES string of the molecule is COCC(C)NC(=O)C1(C#N)CCCC1. The molecule has 1 atom stereocenters. The van der Waals surface area contributed by atoms with Crippen LogP contribution < -0.4 is 5.32 Å². The van der Waals surface area contributed by atoms with E-state index in [2.05, 4.69) is 11.4 Å². The zero-order valence-corrected chi connectivity index (χ0v) is 9.38. The average Bonchev–Trinajstić information content (AvgIpc) is 2.67. The Kier molecular flexibility index (Phi) is 4.10. The van der Waals surface area contributed by atoms with E-state index in [9.17, 15) is 4.79 Å². The predicted molar refractivity (Wildman–Crippen MR) is 56.0 cm³/mol. The van der Waals surface area contributed by atoms with Crippen LogP contribution in [0.2, 0.25) is 0 Å². The molecule has 0 aromatic rings. The fraction of sp³-hybridized carbons (Fsp3) is 0.818. The molecule has 0 radical (unpaired) electrons. The largest absolute Gasteiger partial charge is 0.383 e. The summed E-state index contributed by atoms with van der Waals surface area (Å²) in [5, 5.41) is 11.9. The molecule has 1 N–H and O–H groups in total. The highest BCUT2D eigenvalue weighted by molar-refractivity contribution is 5.85. The molecule has 1 fully saturated rings. The van der Waals surface area contributed by atoms with Crippen LogP contribution in [0.3, 0.4) is 0 Å². The summed E-state index contributed by atoms with van der Waals surface area (Å²) in [7, 11) is 1.60. The molecule has 15 heavy (non-hydrogen) atoms. The summed E-state index contributed by atoms with van der Waals surface area (Å²) < 4.78 is 4.94. The second-order valence-corrected chi connectivity index (χ2v) is 4.23. The van der Waals surface area contributed by atoms with Crippen molar-refractivity contribution in [3.05, 3.63) is 0 Å². The predicted octanol–water partition coefficient (Wildman–Crippen LogP) is 1.22. The first-order valence-electron chi connectivity index (χ1n) is 5.36. The molecule has 0 aromatic heterocycles. The number of hydrogen-bond acceptors (Lipinski definition) is 3. The molecular weight excluding hydrogens is 192 g/mol. The number of carbonyl (C=O) groups excluding carboxylic acids is 1. The lowest BCUT2D eigenvalue weighted by molar-refractivity contribution is -0.128. The van der Waals surface area contributed by atoms with E-state index >= 15 is 0 Å². The van der Waals surface area contributed by atoms with Gasteiger partial charge in [0.05, 0.1) is 12.7 Å². The van der Waals surface area contributed by atoms with Crippen LogP contribution in [0.5, 0.6) is 0 Å². The summed E-state index contributed by atoms with van der Waals surface area (Å²) >= 11 is 0. The molecule has 4 heteroatoms. The molecule has 84 valence electrons. The van der Waals surface area contributed by atoms with Gasteiger partial charge in [-0.3, -0.25) is 4.79 Å². The minimum Gasteiger partial charge on any atom is -0.383 e. The van der Waals surface area contributed by atoms with Crippen molar-refractivity contribution in [2.75, 3.05) is 13.7 Å². The van der Waals surface area contributed by atoms with Crippen molar-refractivity contribution in [3.8, 4) is 6.07 Å². The minimum absolute atomic E-state index is 0.0340. The van der Waals surface area contributed by atoms with Crippen molar-refractivity contribution in [1.29, 1.82) is 5.26 Å². The lowest BCUT2D eigenvalue weighted by atomic mass is 9.87. The number of nitrogens with zero attached hydrogens (tertiary/aromatic N) is 1. The van der Waals surface area contributed by atoms with Crippen molar-refractivity contribution in [3.63, 3.8) is 0 Å². The first-order chi connectivity index (χ1) is 7.14. The van der Waals surface area contributed by atoms with E-state index in [0.717, 1.165) is 12.8 Å². The number of rotatable bonds is 4. The van der Waals surface area contributed by atoms with Gasteiger partial charge in [-0.2, -0.15) is 5.26 Å². The van der Waals surface area contributed by atoms with Crippen LogP contribution in [0.25, 0.3) is 0 Å². The Morgan fingerprint density at radius 2 is 2.20 bits per heavy atom. The van der Waals surface area contributed by atoms with Gasteiger partial charge in [0.15, 0.2) is 0 Å². The molecule has 1 aliphatic rings. The van der Waals surface area contributed by atoms with Crippen LogP contribution in [0, 0.1) is 16.7 Å². The van der Waals surface area contributed by atoms with E-state index in [1.54, 1.807) is 7.11 Å². The van der Waals surface area contributed by atoms with E-state index in [4.69, 9.17) is 10.00 Å². The summed E-state index contributed by atoms with van der Waals surface area (Å²) in [6, 6.07) is 2.14. The number of nitriles is 1. The van der Waals surface area contributed by atoms with Gasteiger partial charge in [-0.15, -0.1) is 0 Å².